The number of hydrogen-bond acceptors (Lipinski definition) is 4. The largest absolute Gasteiger partial charge is 0.753 e. The van der Waals surface area contributed by atoms with Crippen LogP contribution in [0.3, 0.4) is 0 Å². The van der Waals surface area contributed by atoms with Crippen molar-refractivity contribution >= 4 is 63.7 Å². The van der Waals surface area contributed by atoms with E-state index in [9.17, 15) is 0 Å². The molecule has 6 aromatic carbocycles. The van der Waals surface area contributed by atoms with Crippen LogP contribution in [0.1, 0.15) is 0 Å². The van der Waals surface area contributed by atoms with Crippen molar-refractivity contribution in [1.29, 1.82) is 10.5 Å². The Balaban J connectivity index is 0.000000765. The van der Waals surface area contributed by atoms with Crippen LogP contribution in [0.5, 0.6) is 0 Å². The first-order valence-electron chi connectivity index (χ1n) is 14.1. The third-order valence-corrected chi connectivity index (χ3v) is 15.5. The summed E-state index contributed by atoms with van der Waals surface area (Å²) in [5, 5.41) is 29.0. The van der Waals surface area contributed by atoms with Gasteiger partial charge in [-0.1, -0.05) is 158 Å². The van der Waals surface area contributed by atoms with Gasteiger partial charge in [-0.2, -0.15) is 5.16 Å². The normalized spacial score (nSPS) is 10.1. The minimum absolute atomic E-state index is 1.26. The third kappa shape index (κ3) is 7.69. The minimum Gasteiger partial charge on any atom is -0.753 e. The average molecular weight is 651 g/mol. The molecule has 0 saturated carbocycles. The fraction of sp³-hybridized carbons (Fsp3) is 0. The van der Waals surface area contributed by atoms with E-state index < -0.39 is 14.5 Å². The molecule has 0 aliphatic carbocycles. The topological polar surface area (TPSA) is 82.2 Å². The number of nitrogens with zero attached hydrogens (tertiary/aromatic N) is 4. The molecule has 7 heteroatoms. The van der Waals surface area contributed by atoms with Crippen molar-refractivity contribution < 1.29 is 0 Å². The standard InChI is InChI=1S/C36H30NP2.CNS.2CHN/c1-7-19-31(20-8-1)38(32-21-9-2-10-22-32,33-23-11-3-12-24-33)37-39(34-25-13-4-14-26-34,35-27-15-5-16-28-35)36-29-17-6-18-30-36;2-1-3;2*1-2/h1-30H;;2*1H/q+1;-1;;. The molecular weight excluding hydrogens is 618 g/mol. The first-order valence-corrected chi connectivity index (χ1v) is 18.0. The van der Waals surface area contributed by atoms with Gasteiger partial charge in [0.1, 0.15) is 23.0 Å². The number of benzene rings is 6. The van der Waals surface area contributed by atoms with E-state index in [1.807, 2.05) is 0 Å². The van der Waals surface area contributed by atoms with E-state index in [0.29, 0.717) is 0 Å². The highest BCUT2D eigenvalue weighted by molar-refractivity contribution is 8.01. The maximum atomic E-state index is 7.13. The Bertz CT molecular complexity index is 1670. The maximum Gasteiger partial charge on any atom is 0.228 e. The SMILES string of the molecule is C#N.C#N.[N-]=C=S.c1ccc(P(=N[P+](c2ccccc2)(c2ccccc2)c2ccccc2)(c2ccccc2)c2ccccc2)cc1. The second kappa shape index (κ2) is 18.5. The lowest BCUT2D eigenvalue weighted by atomic mass is 10.4. The molecule has 4 nitrogen and oxygen atoms in total. The molecule has 224 valence electrons. The van der Waals surface area contributed by atoms with Gasteiger partial charge in [-0.05, 0) is 36.4 Å². The van der Waals surface area contributed by atoms with Gasteiger partial charge in [0.2, 0.25) is 7.41 Å². The van der Waals surface area contributed by atoms with Crippen molar-refractivity contribution in [3.8, 4) is 13.1 Å². The molecule has 0 saturated heterocycles. The molecule has 0 spiro atoms. The van der Waals surface area contributed by atoms with Crippen LogP contribution in [0, 0.1) is 23.7 Å². The lowest BCUT2D eigenvalue weighted by molar-refractivity contribution is 1.58. The van der Waals surface area contributed by atoms with Crippen LogP contribution >= 0.6 is 26.7 Å². The van der Waals surface area contributed by atoms with Crippen LogP contribution in [-0.2, 0) is 0 Å². The molecule has 0 amide bonds. The molecule has 0 aliphatic rings. The molecule has 0 fully saturated rings. The van der Waals surface area contributed by atoms with Crippen molar-refractivity contribution in [2.24, 2.45) is 4.52 Å². The van der Waals surface area contributed by atoms with Crippen molar-refractivity contribution in [2.45, 2.75) is 0 Å². The zero-order chi connectivity index (χ0) is 33.1. The average Bonchev–Trinajstić information content (AvgIpc) is 3.16. The first-order chi connectivity index (χ1) is 22.8. The number of isothiocyanates is 1. The Hall–Kier alpha value is -5.24. The number of rotatable bonds is 7. The van der Waals surface area contributed by atoms with E-state index >= 15 is 0 Å². The highest BCUT2D eigenvalue weighted by Gasteiger charge is 2.49. The molecule has 0 radical (unpaired) electrons. The van der Waals surface area contributed by atoms with Gasteiger partial charge in [-0.25, -0.2) is 10.5 Å². The Morgan fingerprint density at radius 2 is 0.652 bits per heavy atom. The summed E-state index contributed by atoms with van der Waals surface area (Å²) in [6.07, 6.45) is 0. The van der Waals surface area contributed by atoms with E-state index in [2.05, 4.69) is 207 Å². The predicted octanol–water partition coefficient (Wildman–Crippen LogP) is 8.01. The van der Waals surface area contributed by atoms with Crippen LogP contribution < -0.4 is 31.8 Å². The molecule has 0 aromatic heterocycles. The van der Waals surface area contributed by atoms with Crippen molar-refractivity contribution in [1.82, 2.24) is 0 Å². The Kier molecular flexibility index (Phi) is 14.2. The van der Waals surface area contributed by atoms with Crippen molar-refractivity contribution in [3.05, 3.63) is 187 Å². The van der Waals surface area contributed by atoms with Gasteiger partial charge in [0.25, 0.3) is 0 Å². The molecule has 0 atom stereocenters. The summed E-state index contributed by atoms with van der Waals surface area (Å²) >= 11 is 3.70. The second-order valence-electron chi connectivity index (χ2n) is 9.46. The lowest BCUT2D eigenvalue weighted by Gasteiger charge is -2.31. The smallest absolute Gasteiger partial charge is 0.228 e. The summed E-state index contributed by atoms with van der Waals surface area (Å²) in [7, 11) is -4.99. The monoisotopic (exact) mass is 650 g/mol. The van der Waals surface area contributed by atoms with Crippen LogP contribution in [0.25, 0.3) is 5.41 Å². The molecule has 0 bridgehead atoms. The molecule has 6 rings (SSSR count). The maximum absolute atomic E-state index is 7.13. The zero-order valence-corrected chi connectivity index (χ0v) is 27.7. The number of thiocarbonyl (C=S) groups is 1. The minimum atomic E-state index is -2.50. The molecule has 0 N–H and O–H groups in total. The number of nitriles is 2. The van der Waals surface area contributed by atoms with Gasteiger partial charge in [0.05, 0.1) is 0 Å². The van der Waals surface area contributed by atoms with E-state index in [-0.39, 0.29) is 0 Å². The Morgan fingerprint density at radius 3 is 0.870 bits per heavy atom. The molecular formula is C39H32N4P2S. The first kappa shape index (κ1) is 35.2. The summed E-state index contributed by atoms with van der Waals surface area (Å²) in [5.74, 6) is 0. The highest BCUT2D eigenvalue weighted by atomic mass is 32.1. The molecule has 0 aliphatic heterocycles. The molecule has 6 aromatic rings. The van der Waals surface area contributed by atoms with Gasteiger partial charge in [0, 0.05) is 29.1 Å². The summed E-state index contributed by atoms with van der Waals surface area (Å²) in [6.45, 7) is 7.00. The third-order valence-electron chi connectivity index (χ3n) is 7.05. The summed E-state index contributed by atoms with van der Waals surface area (Å²) in [6, 6.07) is 65.7. The molecule has 0 heterocycles. The summed E-state index contributed by atoms with van der Waals surface area (Å²) in [4.78, 5) is 0. The van der Waals surface area contributed by atoms with E-state index in [1.54, 1.807) is 0 Å². The second-order valence-corrected chi connectivity index (χ2v) is 16.0. The van der Waals surface area contributed by atoms with Gasteiger partial charge in [-0.3, -0.25) is 0 Å². The Morgan fingerprint density at radius 1 is 0.457 bits per heavy atom. The van der Waals surface area contributed by atoms with Crippen LogP contribution in [0.2, 0.25) is 0 Å². The van der Waals surface area contributed by atoms with Gasteiger partial charge in [-0.15, -0.1) is 4.52 Å². The highest BCUT2D eigenvalue weighted by Crippen LogP contribution is 2.65. The number of hydrogen-bond donors (Lipinski definition) is 0. The zero-order valence-electron chi connectivity index (χ0n) is 25.1. The fourth-order valence-corrected chi connectivity index (χ4v) is 14.8. The molecule has 0 unspecified atom stereocenters. The summed E-state index contributed by atoms with van der Waals surface area (Å²) in [5.41, 5.74) is 0. The van der Waals surface area contributed by atoms with Gasteiger partial charge >= 0.3 is 0 Å². The van der Waals surface area contributed by atoms with E-state index in [0.717, 1.165) is 0 Å². The quantitative estimate of drug-likeness (QED) is 0.0997. The van der Waals surface area contributed by atoms with Gasteiger partial charge < -0.3 is 5.41 Å². The van der Waals surface area contributed by atoms with Crippen molar-refractivity contribution in [3.63, 3.8) is 0 Å². The Labute approximate surface area is 278 Å². The van der Waals surface area contributed by atoms with Gasteiger partial charge in [0.15, 0.2) is 0 Å². The predicted molar refractivity (Wildman–Crippen MR) is 202 cm³/mol. The van der Waals surface area contributed by atoms with E-state index in [4.69, 9.17) is 20.4 Å². The van der Waals surface area contributed by atoms with Crippen molar-refractivity contribution in [2.75, 3.05) is 0 Å². The lowest BCUT2D eigenvalue weighted by Crippen LogP contribution is -2.32. The van der Waals surface area contributed by atoms with Crippen LogP contribution in [0.15, 0.2) is 187 Å². The fourth-order valence-electron chi connectivity index (χ4n) is 5.27. The summed E-state index contributed by atoms with van der Waals surface area (Å²) < 4.78 is 6.38. The van der Waals surface area contributed by atoms with Crippen LogP contribution in [-0.4, -0.2) is 5.16 Å². The molecule has 46 heavy (non-hydrogen) atoms. The van der Waals surface area contributed by atoms with Crippen LogP contribution in [0.4, 0.5) is 0 Å². The van der Waals surface area contributed by atoms with E-state index in [1.165, 1.54) is 37.0 Å².